The smallest absolute Gasteiger partial charge is 0.0385 e. The molecule has 2 N–H and O–H groups in total. The van der Waals surface area contributed by atoms with Crippen molar-refractivity contribution in [1.29, 1.82) is 0 Å². The van der Waals surface area contributed by atoms with E-state index >= 15 is 0 Å². The summed E-state index contributed by atoms with van der Waals surface area (Å²) in [4.78, 5) is 0. The maximum absolute atomic E-state index is 11.1. The molecule has 0 bridgehead atoms. The van der Waals surface area contributed by atoms with Crippen LogP contribution in [0.1, 0.15) is 19.3 Å². The second-order valence-corrected chi connectivity index (χ2v) is 4.57. The van der Waals surface area contributed by atoms with Crippen LogP contribution in [-0.4, -0.2) is 22.3 Å². The third-order valence-corrected chi connectivity index (χ3v) is 3.79. The van der Waals surface area contributed by atoms with Gasteiger partial charge in [-0.25, -0.2) is 0 Å². The van der Waals surface area contributed by atoms with Crippen molar-refractivity contribution in [2.75, 3.05) is 12.8 Å². The first kappa shape index (κ1) is 8.21. The van der Waals surface area contributed by atoms with Gasteiger partial charge in [0.15, 0.2) is 0 Å². The molecule has 0 saturated heterocycles. The van der Waals surface area contributed by atoms with Crippen LogP contribution in [0.4, 0.5) is 0 Å². The summed E-state index contributed by atoms with van der Waals surface area (Å²) in [6, 6.07) is 0. The third-order valence-electron chi connectivity index (χ3n) is 2.32. The molecule has 0 radical (unpaired) electrons. The zero-order chi connectivity index (χ0) is 7.56. The molecular formula is C7H15NOS. The van der Waals surface area contributed by atoms with E-state index in [1.54, 1.807) is 6.26 Å². The van der Waals surface area contributed by atoms with Gasteiger partial charge in [-0.15, -0.1) is 0 Å². The molecule has 0 aromatic rings. The minimum Gasteiger partial charge on any atom is -0.330 e. The lowest BCUT2D eigenvalue weighted by atomic mass is 10.1. The average Bonchev–Trinajstić information content (AvgIpc) is 2.33. The van der Waals surface area contributed by atoms with E-state index in [0.717, 1.165) is 6.42 Å². The molecule has 1 aliphatic rings. The summed E-state index contributed by atoms with van der Waals surface area (Å²) in [5.41, 5.74) is 5.53. The van der Waals surface area contributed by atoms with Crippen molar-refractivity contribution < 1.29 is 4.21 Å². The quantitative estimate of drug-likeness (QED) is 0.640. The fraction of sp³-hybridized carbons (Fsp3) is 1.00. The maximum atomic E-state index is 11.1. The number of hydrogen-bond donors (Lipinski definition) is 1. The van der Waals surface area contributed by atoms with E-state index in [0.29, 0.717) is 17.7 Å². The van der Waals surface area contributed by atoms with Gasteiger partial charge in [-0.2, -0.15) is 0 Å². The maximum Gasteiger partial charge on any atom is 0.0385 e. The van der Waals surface area contributed by atoms with Crippen LogP contribution in [0.3, 0.4) is 0 Å². The van der Waals surface area contributed by atoms with Crippen LogP contribution in [0.25, 0.3) is 0 Å². The first-order valence-corrected chi connectivity index (χ1v) is 5.40. The Balaban J connectivity index is 2.50. The standard InChI is InChI=1S/C7H15NOS/c1-10(9)7-4-2-3-6(7)5-8/h6-7H,2-5,8H2,1H3. The predicted molar refractivity (Wildman–Crippen MR) is 44.2 cm³/mol. The Morgan fingerprint density at radius 3 is 2.70 bits per heavy atom. The van der Waals surface area contributed by atoms with Gasteiger partial charge in [0.05, 0.1) is 0 Å². The van der Waals surface area contributed by atoms with Gasteiger partial charge < -0.3 is 5.73 Å². The molecule has 1 rings (SSSR count). The fourth-order valence-electron chi connectivity index (χ4n) is 1.71. The van der Waals surface area contributed by atoms with Crippen molar-refractivity contribution >= 4 is 10.8 Å². The van der Waals surface area contributed by atoms with E-state index in [1.165, 1.54) is 12.8 Å². The molecule has 1 saturated carbocycles. The summed E-state index contributed by atoms with van der Waals surface area (Å²) >= 11 is 0. The predicted octanol–water partition coefficient (Wildman–Crippen LogP) is 0.492. The highest BCUT2D eigenvalue weighted by molar-refractivity contribution is 7.84. The summed E-state index contributed by atoms with van der Waals surface area (Å²) in [6.45, 7) is 0.713. The lowest BCUT2D eigenvalue weighted by molar-refractivity contribution is 0.559. The van der Waals surface area contributed by atoms with E-state index < -0.39 is 10.8 Å². The Kier molecular flexibility index (Phi) is 2.86. The van der Waals surface area contributed by atoms with Crippen LogP contribution in [0, 0.1) is 5.92 Å². The second-order valence-electron chi connectivity index (χ2n) is 2.96. The van der Waals surface area contributed by atoms with Gasteiger partial charge in [-0.1, -0.05) is 6.42 Å². The highest BCUT2D eigenvalue weighted by atomic mass is 32.2. The Hall–Kier alpha value is 0.110. The van der Waals surface area contributed by atoms with E-state index in [4.69, 9.17) is 5.73 Å². The Morgan fingerprint density at radius 1 is 1.60 bits per heavy atom. The largest absolute Gasteiger partial charge is 0.330 e. The van der Waals surface area contributed by atoms with Gasteiger partial charge in [0, 0.05) is 22.3 Å². The van der Waals surface area contributed by atoms with E-state index in [1.807, 2.05) is 0 Å². The van der Waals surface area contributed by atoms with Crippen molar-refractivity contribution in [1.82, 2.24) is 0 Å². The van der Waals surface area contributed by atoms with Gasteiger partial charge in [0.25, 0.3) is 0 Å². The molecule has 3 atom stereocenters. The summed E-state index contributed by atoms with van der Waals surface area (Å²) in [7, 11) is -0.651. The van der Waals surface area contributed by atoms with Crippen LogP contribution in [-0.2, 0) is 10.8 Å². The van der Waals surface area contributed by atoms with Gasteiger partial charge in [-0.05, 0) is 25.3 Å². The van der Waals surface area contributed by atoms with E-state index in [2.05, 4.69) is 0 Å². The minimum atomic E-state index is -0.651. The topological polar surface area (TPSA) is 43.1 Å². The SMILES string of the molecule is CS(=O)C1CCCC1CN. The summed E-state index contributed by atoms with van der Waals surface area (Å²) in [6.07, 6.45) is 5.30. The first-order chi connectivity index (χ1) is 4.75. The van der Waals surface area contributed by atoms with Crippen LogP contribution in [0.2, 0.25) is 0 Å². The molecule has 0 heterocycles. The normalized spacial score (nSPS) is 36.2. The van der Waals surface area contributed by atoms with Crippen molar-refractivity contribution in [2.45, 2.75) is 24.5 Å². The monoisotopic (exact) mass is 161 g/mol. The fourth-order valence-corrected chi connectivity index (χ4v) is 3.00. The van der Waals surface area contributed by atoms with Crippen molar-refractivity contribution in [3.63, 3.8) is 0 Å². The highest BCUT2D eigenvalue weighted by Gasteiger charge is 2.28. The molecule has 1 aliphatic carbocycles. The van der Waals surface area contributed by atoms with Crippen LogP contribution in [0.15, 0.2) is 0 Å². The minimum absolute atomic E-state index is 0.394. The Morgan fingerprint density at radius 2 is 2.30 bits per heavy atom. The van der Waals surface area contributed by atoms with Crippen LogP contribution in [0.5, 0.6) is 0 Å². The lowest BCUT2D eigenvalue weighted by Crippen LogP contribution is -2.25. The summed E-state index contributed by atoms with van der Waals surface area (Å²) in [5, 5.41) is 0.394. The Labute approximate surface area is 64.6 Å². The molecule has 2 nitrogen and oxygen atoms in total. The molecule has 0 amide bonds. The zero-order valence-corrected chi connectivity index (χ0v) is 7.19. The van der Waals surface area contributed by atoms with Crippen molar-refractivity contribution in [2.24, 2.45) is 11.7 Å². The number of rotatable bonds is 2. The molecule has 0 aromatic heterocycles. The Bertz CT molecular complexity index is 138. The second kappa shape index (κ2) is 3.49. The number of nitrogens with two attached hydrogens (primary N) is 1. The molecule has 60 valence electrons. The molecular weight excluding hydrogens is 146 g/mol. The van der Waals surface area contributed by atoms with Gasteiger partial charge >= 0.3 is 0 Å². The van der Waals surface area contributed by atoms with Gasteiger partial charge in [-0.3, -0.25) is 4.21 Å². The molecule has 10 heavy (non-hydrogen) atoms. The lowest BCUT2D eigenvalue weighted by Gasteiger charge is -2.13. The molecule has 1 fully saturated rings. The molecule has 0 spiro atoms. The van der Waals surface area contributed by atoms with E-state index in [9.17, 15) is 4.21 Å². The summed E-state index contributed by atoms with van der Waals surface area (Å²) in [5.74, 6) is 0.533. The van der Waals surface area contributed by atoms with Crippen molar-refractivity contribution in [3.8, 4) is 0 Å². The molecule has 0 aromatic carbocycles. The third kappa shape index (κ3) is 1.58. The van der Waals surface area contributed by atoms with E-state index in [-0.39, 0.29) is 0 Å². The average molecular weight is 161 g/mol. The van der Waals surface area contributed by atoms with Gasteiger partial charge in [0.1, 0.15) is 0 Å². The molecule has 0 aliphatic heterocycles. The highest BCUT2D eigenvalue weighted by Crippen LogP contribution is 2.27. The summed E-state index contributed by atoms with van der Waals surface area (Å²) < 4.78 is 11.1. The number of hydrogen-bond acceptors (Lipinski definition) is 2. The van der Waals surface area contributed by atoms with Crippen molar-refractivity contribution in [3.05, 3.63) is 0 Å². The van der Waals surface area contributed by atoms with Gasteiger partial charge in [0.2, 0.25) is 0 Å². The zero-order valence-electron chi connectivity index (χ0n) is 6.38. The molecule has 3 unspecified atom stereocenters. The molecule has 3 heteroatoms. The first-order valence-electron chi connectivity index (χ1n) is 3.78. The van der Waals surface area contributed by atoms with Crippen LogP contribution >= 0.6 is 0 Å². The van der Waals surface area contributed by atoms with Crippen LogP contribution < -0.4 is 5.73 Å².